The van der Waals surface area contributed by atoms with Gasteiger partial charge in [0.05, 0.1) is 13.2 Å². The zero-order chi connectivity index (χ0) is 25.4. The Morgan fingerprint density at radius 3 is 2.44 bits per heavy atom. The average Bonchev–Trinajstić information content (AvgIpc) is 3.16. The number of aliphatic hydroxyl groups excluding tert-OH is 1. The highest BCUT2D eigenvalue weighted by molar-refractivity contribution is 6.07. The van der Waals surface area contributed by atoms with E-state index in [4.69, 9.17) is 9.84 Å². The second-order valence-electron chi connectivity index (χ2n) is 9.47. The van der Waals surface area contributed by atoms with Gasteiger partial charge in [-0.25, -0.2) is 4.79 Å². The molecule has 1 atom stereocenters. The van der Waals surface area contributed by atoms with Crippen molar-refractivity contribution >= 4 is 11.9 Å². The molecule has 2 N–H and O–H groups in total. The topological polar surface area (TPSA) is 82.1 Å². The number of hydrogen-bond donors (Lipinski definition) is 2. The molecule has 2 aliphatic rings. The van der Waals surface area contributed by atoms with Gasteiger partial charge < -0.3 is 15.2 Å². The first kappa shape index (κ1) is 25.7. The minimum absolute atomic E-state index is 0.00371. The summed E-state index contributed by atoms with van der Waals surface area (Å²) in [4.78, 5) is 30.2. The average molecular weight is 490 g/mol. The van der Waals surface area contributed by atoms with Crippen molar-refractivity contribution in [3.05, 3.63) is 65.7 Å². The third-order valence-corrected chi connectivity index (χ3v) is 7.24. The van der Waals surface area contributed by atoms with Crippen LogP contribution in [0.25, 0.3) is 0 Å². The van der Waals surface area contributed by atoms with E-state index < -0.39 is 5.54 Å². The summed E-state index contributed by atoms with van der Waals surface area (Å²) in [6, 6.07) is 17.7. The zero-order valence-corrected chi connectivity index (χ0v) is 20.9. The summed E-state index contributed by atoms with van der Waals surface area (Å²) in [5.74, 6) is 6.36. The SMILES string of the molecule is CC#CCN1C(=O)N[C@@](CCc2ccccc2)(C2CCN(Cc3ccc(OCCO)cc3)CC2)C1=O. The van der Waals surface area contributed by atoms with Gasteiger partial charge in [-0.3, -0.25) is 14.6 Å². The lowest BCUT2D eigenvalue weighted by Crippen LogP contribution is -2.56. The lowest BCUT2D eigenvalue weighted by Gasteiger charge is -2.41. The molecule has 0 unspecified atom stereocenters. The molecule has 7 nitrogen and oxygen atoms in total. The first-order chi connectivity index (χ1) is 17.6. The normalized spacial score (nSPS) is 20.7. The Morgan fingerprint density at radius 1 is 1.06 bits per heavy atom. The lowest BCUT2D eigenvalue weighted by atomic mass is 9.74. The number of benzene rings is 2. The van der Waals surface area contributed by atoms with Crippen molar-refractivity contribution < 1.29 is 19.4 Å². The second-order valence-corrected chi connectivity index (χ2v) is 9.47. The summed E-state index contributed by atoms with van der Waals surface area (Å²) in [6.45, 7) is 4.67. The standard InChI is InChI=1S/C29H35N3O4/c1-2-3-17-32-27(34)29(30-28(32)35,16-13-23-7-5-4-6-8-23)25-14-18-31(19-15-25)22-24-9-11-26(12-10-24)36-21-20-33/h4-12,25,33H,13-22H2,1H3,(H,30,35)/t29-/m0/s1. The van der Waals surface area contributed by atoms with E-state index in [0.717, 1.165) is 50.2 Å². The van der Waals surface area contributed by atoms with Crippen molar-refractivity contribution in [1.82, 2.24) is 15.1 Å². The highest BCUT2D eigenvalue weighted by atomic mass is 16.5. The molecule has 0 radical (unpaired) electrons. The Hall–Kier alpha value is -3.34. The lowest BCUT2D eigenvalue weighted by molar-refractivity contribution is -0.134. The zero-order valence-electron chi connectivity index (χ0n) is 20.9. The van der Waals surface area contributed by atoms with Gasteiger partial charge in [0.1, 0.15) is 17.9 Å². The Morgan fingerprint density at radius 2 is 1.78 bits per heavy atom. The summed E-state index contributed by atoms with van der Waals surface area (Å²) in [6.07, 6.45) is 2.99. The number of aliphatic hydroxyl groups is 1. The molecular formula is C29H35N3O4. The molecule has 4 rings (SSSR count). The van der Waals surface area contributed by atoms with Crippen LogP contribution in [0, 0.1) is 17.8 Å². The van der Waals surface area contributed by atoms with Crippen molar-refractivity contribution in [2.24, 2.45) is 5.92 Å². The second kappa shape index (κ2) is 12.1. The van der Waals surface area contributed by atoms with E-state index >= 15 is 0 Å². The monoisotopic (exact) mass is 489 g/mol. The predicted octanol–water partition coefficient (Wildman–Crippen LogP) is 3.22. The van der Waals surface area contributed by atoms with Gasteiger partial charge in [0, 0.05) is 6.54 Å². The van der Waals surface area contributed by atoms with Gasteiger partial charge >= 0.3 is 6.03 Å². The van der Waals surface area contributed by atoms with Crippen LogP contribution in [0.5, 0.6) is 5.75 Å². The van der Waals surface area contributed by atoms with E-state index in [1.54, 1.807) is 6.92 Å². The van der Waals surface area contributed by atoms with E-state index in [1.165, 1.54) is 10.5 Å². The minimum Gasteiger partial charge on any atom is -0.491 e. The van der Waals surface area contributed by atoms with Crippen LogP contribution in [0.4, 0.5) is 4.79 Å². The van der Waals surface area contributed by atoms with E-state index in [2.05, 4.69) is 34.2 Å². The van der Waals surface area contributed by atoms with E-state index in [9.17, 15) is 9.59 Å². The van der Waals surface area contributed by atoms with Crippen LogP contribution >= 0.6 is 0 Å². The summed E-state index contributed by atoms with van der Waals surface area (Å²) in [7, 11) is 0. The number of urea groups is 1. The molecule has 2 saturated heterocycles. The smallest absolute Gasteiger partial charge is 0.325 e. The number of amides is 3. The van der Waals surface area contributed by atoms with Crippen LogP contribution in [0.2, 0.25) is 0 Å². The van der Waals surface area contributed by atoms with Crippen molar-refractivity contribution in [3.63, 3.8) is 0 Å². The van der Waals surface area contributed by atoms with Crippen LogP contribution in [0.3, 0.4) is 0 Å². The molecule has 2 aromatic rings. The van der Waals surface area contributed by atoms with E-state index in [0.29, 0.717) is 6.42 Å². The number of likely N-dealkylation sites (tertiary alicyclic amines) is 1. The molecule has 2 aliphatic heterocycles. The van der Waals surface area contributed by atoms with Gasteiger partial charge in [-0.2, -0.15) is 0 Å². The third-order valence-electron chi connectivity index (χ3n) is 7.24. The Kier molecular flexibility index (Phi) is 8.63. The van der Waals surface area contributed by atoms with Crippen LogP contribution < -0.4 is 10.1 Å². The van der Waals surface area contributed by atoms with Gasteiger partial charge in [-0.1, -0.05) is 48.4 Å². The predicted molar refractivity (Wildman–Crippen MR) is 138 cm³/mol. The number of ether oxygens (including phenoxy) is 1. The molecule has 36 heavy (non-hydrogen) atoms. The molecule has 190 valence electrons. The van der Waals surface area contributed by atoms with Crippen molar-refractivity contribution in [1.29, 1.82) is 0 Å². The third kappa shape index (κ3) is 5.89. The largest absolute Gasteiger partial charge is 0.491 e. The molecule has 0 saturated carbocycles. The van der Waals surface area contributed by atoms with Gasteiger partial charge in [0.25, 0.3) is 5.91 Å². The van der Waals surface area contributed by atoms with Crippen molar-refractivity contribution in [2.45, 2.75) is 44.7 Å². The molecule has 0 spiro atoms. The molecule has 0 bridgehead atoms. The number of imide groups is 1. The van der Waals surface area contributed by atoms with Gasteiger partial charge in [0.2, 0.25) is 0 Å². The molecule has 7 heteroatoms. The maximum Gasteiger partial charge on any atom is 0.325 e. The van der Waals surface area contributed by atoms with E-state index in [1.807, 2.05) is 42.5 Å². The number of aryl methyl sites for hydroxylation is 1. The molecule has 2 heterocycles. The Bertz CT molecular complexity index is 1080. The van der Waals surface area contributed by atoms with Crippen molar-refractivity contribution in [3.8, 4) is 17.6 Å². The summed E-state index contributed by atoms with van der Waals surface area (Å²) >= 11 is 0. The molecule has 3 amide bonds. The maximum atomic E-state index is 13.7. The van der Waals surface area contributed by atoms with Crippen LogP contribution in [-0.4, -0.2) is 65.2 Å². The Labute approximate surface area is 213 Å². The highest BCUT2D eigenvalue weighted by Gasteiger charge is 2.55. The molecule has 0 aromatic heterocycles. The fourth-order valence-corrected chi connectivity index (χ4v) is 5.28. The number of hydrogen-bond acceptors (Lipinski definition) is 5. The first-order valence-electron chi connectivity index (χ1n) is 12.7. The minimum atomic E-state index is -0.889. The summed E-state index contributed by atoms with van der Waals surface area (Å²) in [5.41, 5.74) is 1.47. The highest BCUT2D eigenvalue weighted by Crippen LogP contribution is 2.37. The number of carbonyl (C=O) groups is 2. The van der Waals surface area contributed by atoms with Gasteiger partial charge in [-0.15, -0.1) is 5.92 Å². The number of piperidine rings is 1. The van der Waals surface area contributed by atoms with Crippen molar-refractivity contribution in [2.75, 3.05) is 32.8 Å². The molecule has 2 aromatic carbocycles. The van der Waals surface area contributed by atoms with E-state index in [-0.39, 0.29) is 37.6 Å². The molecular weight excluding hydrogens is 454 g/mol. The maximum absolute atomic E-state index is 13.7. The number of carbonyl (C=O) groups excluding carboxylic acids is 2. The summed E-state index contributed by atoms with van der Waals surface area (Å²) < 4.78 is 5.45. The summed E-state index contributed by atoms with van der Waals surface area (Å²) in [5, 5.41) is 12.0. The molecule has 2 fully saturated rings. The number of nitrogens with one attached hydrogen (secondary N) is 1. The Balaban J connectivity index is 1.43. The first-order valence-corrected chi connectivity index (χ1v) is 12.7. The van der Waals surface area contributed by atoms with Gasteiger partial charge in [-0.05, 0) is 74.9 Å². The molecule has 0 aliphatic carbocycles. The van der Waals surface area contributed by atoms with Gasteiger partial charge in [0.15, 0.2) is 0 Å². The fraction of sp³-hybridized carbons (Fsp3) is 0.448. The quantitative estimate of drug-likeness (QED) is 0.396. The van der Waals surface area contributed by atoms with Crippen LogP contribution in [0.1, 0.15) is 37.3 Å². The number of nitrogens with zero attached hydrogens (tertiary/aromatic N) is 2. The number of rotatable bonds is 10. The van der Waals surface area contributed by atoms with Crippen LogP contribution in [-0.2, 0) is 17.8 Å². The van der Waals surface area contributed by atoms with Crippen LogP contribution in [0.15, 0.2) is 54.6 Å². The fourth-order valence-electron chi connectivity index (χ4n) is 5.28.